The molecule has 0 saturated carbocycles. The fraction of sp³-hybridized carbons (Fsp3) is 0.387. The van der Waals surface area contributed by atoms with Gasteiger partial charge in [0.1, 0.15) is 34.4 Å². The zero-order valence-electron chi connectivity index (χ0n) is 25.9. The number of nitrogens with one attached hydrogen (secondary N) is 1. The van der Waals surface area contributed by atoms with E-state index < -0.39 is 11.5 Å². The lowest BCUT2D eigenvalue weighted by Crippen LogP contribution is -2.50. The predicted octanol–water partition coefficient (Wildman–Crippen LogP) is 5.49. The van der Waals surface area contributed by atoms with Crippen molar-refractivity contribution in [2.24, 2.45) is 5.73 Å². The van der Waals surface area contributed by atoms with Crippen molar-refractivity contribution < 1.29 is 19.1 Å². The van der Waals surface area contributed by atoms with Gasteiger partial charge in [0.05, 0.1) is 12.8 Å². The fourth-order valence-electron chi connectivity index (χ4n) is 5.20. The van der Waals surface area contributed by atoms with Gasteiger partial charge in [-0.05, 0) is 50.6 Å². The number of anilines is 3. The highest BCUT2D eigenvalue weighted by Gasteiger charge is 2.27. The van der Waals surface area contributed by atoms with Gasteiger partial charge < -0.3 is 30.3 Å². The van der Waals surface area contributed by atoms with Crippen molar-refractivity contribution in [3.63, 3.8) is 0 Å². The van der Waals surface area contributed by atoms with E-state index in [0.717, 1.165) is 5.69 Å². The molecule has 45 heavy (non-hydrogen) atoms. The maximum Gasteiger partial charge on any atom is 0.410 e. The van der Waals surface area contributed by atoms with Gasteiger partial charge in [-0.2, -0.15) is 0 Å². The second-order valence-electron chi connectivity index (χ2n) is 11.6. The van der Waals surface area contributed by atoms with Crippen molar-refractivity contribution in [1.82, 2.24) is 24.5 Å². The van der Waals surface area contributed by atoms with Crippen LogP contribution in [-0.2, 0) is 17.6 Å². The summed E-state index contributed by atoms with van der Waals surface area (Å²) >= 11 is 13.0. The van der Waals surface area contributed by atoms with E-state index in [0.29, 0.717) is 71.3 Å². The van der Waals surface area contributed by atoms with Crippen LogP contribution >= 0.6 is 23.2 Å². The summed E-state index contributed by atoms with van der Waals surface area (Å²) in [6.07, 6.45) is 0.473. The largest absolute Gasteiger partial charge is 0.494 e. The Morgan fingerprint density at radius 1 is 1.02 bits per heavy atom. The number of nitrogens with two attached hydrogens (primary N) is 1. The Morgan fingerprint density at radius 3 is 2.31 bits per heavy atom. The zero-order chi connectivity index (χ0) is 32.5. The molecule has 12 nitrogen and oxygen atoms in total. The standard InChI is InChI=1S/C31H36Cl2N8O4/c1-6-24-37-38-29-26(27(34)42)28(36-25(41(24)29)17-19-20(32)8-7-9-21(19)33)35-22-11-10-18(16-23(22)44-5)39-12-14-40(15-13-39)30(43)45-31(2,3)4/h7-11,16,35H,6,12-15,17H2,1-5H3,(H2,34,42). The quantitative estimate of drug-likeness (QED) is 0.252. The molecule has 1 saturated heterocycles. The second kappa shape index (κ2) is 13.0. The van der Waals surface area contributed by atoms with Gasteiger partial charge in [0, 0.05) is 60.8 Å². The summed E-state index contributed by atoms with van der Waals surface area (Å²) in [4.78, 5) is 34.0. The average Bonchev–Trinajstić information content (AvgIpc) is 3.42. The number of methoxy groups -OCH3 is 1. The molecule has 1 aliphatic heterocycles. The number of nitrogens with zero attached hydrogens (tertiary/aromatic N) is 6. The highest BCUT2D eigenvalue weighted by atomic mass is 35.5. The van der Waals surface area contributed by atoms with Crippen LogP contribution in [0.2, 0.25) is 10.0 Å². The number of aryl methyl sites for hydroxylation is 1. The lowest BCUT2D eigenvalue weighted by molar-refractivity contribution is 0.0240. The normalized spacial score (nSPS) is 13.7. The van der Waals surface area contributed by atoms with Crippen LogP contribution in [0.3, 0.4) is 0 Å². The van der Waals surface area contributed by atoms with E-state index in [4.69, 9.17) is 43.4 Å². The lowest BCUT2D eigenvalue weighted by Gasteiger charge is -2.37. The van der Waals surface area contributed by atoms with Crippen LogP contribution in [0.4, 0.5) is 22.0 Å². The molecule has 2 aromatic carbocycles. The van der Waals surface area contributed by atoms with E-state index in [1.807, 2.05) is 45.9 Å². The summed E-state index contributed by atoms with van der Waals surface area (Å²) in [7, 11) is 1.56. The van der Waals surface area contributed by atoms with Crippen LogP contribution in [0.15, 0.2) is 36.4 Å². The molecule has 0 spiro atoms. The Hall–Kier alpha value is -4.29. The van der Waals surface area contributed by atoms with Gasteiger partial charge in [-0.1, -0.05) is 36.2 Å². The summed E-state index contributed by atoms with van der Waals surface area (Å²) in [5, 5.41) is 12.8. The van der Waals surface area contributed by atoms with E-state index in [9.17, 15) is 9.59 Å². The lowest BCUT2D eigenvalue weighted by atomic mass is 10.1. The summed E-state index contributed by atoms with van der Waals surface area (Å²) in [5.74, 6) is 1.13. The summed E-state index contributed by atoms with van der Waals surface area (Å²) in [5.41, 5.74) is 7.84. The molecular formula is C31H36Cl2N8O4. The molecule has 4 aromatic rings. The predicted molar refractivity (Wildman–Crippen MR) is 174 cm³/mol. The minimum absolute atomic E-state index is 0.0839. The number of carbonyl (C=O) groups excluding carboxylic acids is 2. The first-order chi connectivity index (χ1) is 21.4. The monoisotopic (exact) mass is 654 g/mol. The molecule has 3 heterocycles. The fourth-order valence-corrected chi connectivity index (χ4v) is 5.73. The second-order valence-corrected chi connectivity index (χ2v) is 12.4. The molecule has 0 unspecified atom stereocenters. The molecule has 0 aliphatic carbocycles. The molecular weight excluding hydrogens is 619 g/mol. The van der Waals surface area contributed by atoms with Crippen LogP contribution in [0.5, 0.6) is 5.75 Å². The molecule has 0 bridgehead atoms. The average molecular weight is 656 g/mol. The van der Waals surface area contributed by atoms with Crippen LogP contribution in [0.1, 0.15) is 55.3 Å². The number of benzene rings is 2. The number of ether oxygens (including phenoxy) is 2. The first-order valence-corrected chi connectivity index (χ1v) is 15.3. The molecule has 0 atom stereocenters. The van der Waals surface area contributed by atoms with Gasteiger partial charge in [0.15, 0.2) is 5.65 Å². The first kappa shape index (κ1) is 32.1. The molecule has 14 heteroatoms. The third-order valence-electron chi connectivity index (χ3n) is 7.38. The van der Waals surface area contributed by atoms with Gasteiger partial charge in [-0.25, -0.2) is 9.78 Å². The molecule has 3 N–H and O–H groups in total. The van der Waals surface area contributed by atoms with Gasteiger partial charge in [-0.15, -0.1) is 10.2 Å². The summed E-state index contributed by atoms with van der Waals surface area (Å²) < 4.78 is 13.0. The van der Waals surface area contributed by atoms with E-state index in [1.54, 1.807) is 34.6 Å². The van der Waals surface area contributed by atoms with Gasteiger partial charge >= 0.3 is 6.09 Å². The van der Waals surface area contributed by atoms with E-state index in [2.05, 4.69) is 20.4 Å². The minimum Gasteiger partial charge on any atom is -0.494 e. The van der Waals surface area contributed by atoms with Crippen molar-refractivity contribution in [3.8, 4) is 5.75 Å². The Bertz CT molecular complexity index is 1730. The Balaban J connectivity index is 1.47. The number of piperazine rings is 1. The minimum atomic E-state index is -0.717. The third-order valence-corrected chi connectivity index (χ3v) is 8.09. The van der Waals surface area contributed by atoms with Crippen LogP contribution in [0.25, 0.3) is 5.65 Å². The number of rotatable bonds is 8. The van der Waals surface area contributed by atoms with Gasteiger partial charge in [-0.3, -0.25) is 9.20 Å². The number of fused-ring (bicyclic) bond motifs is 1. The number of aromatic nitrogens is 4. The molecule has 0 radical (unpaired) electrons. The maximum atomic E-state index is 12.8. The summed E-state index contributed by atoms with van der Waals surface area (Å²) in [6.45, 7) is 9.80. The van der Waals surface area contributed by atoms with Crippen molar-refractivity contribution in [2.45, 2.75) is 46.1 Å². The van der Waals surface area contributed by atoms with E-state index in [-0.39, 0.29) is 29.5 Å². The zero-order valence-corrected chi connectivity index (χ0v) is 27.4. The molecule has 1 fully saturated rings. The number of carbonyl (C=O) groups is 2. The Labute approximate surface area is 271 Å². The number of amides is 2. The topological polar surface area (TPSA) is 140 Å². The van der Waals surface area contributed by atoms with Crippen LogP contribution < -0.4 is 20.7 Å². The van der Waals surface area contributed by atoms with E-state index >= 15 is 0 Å². The summed E-state index contributed by atoms with van der Waals surface area (Å²) in [6, 6.07) is 11.0. The molecule has 238 valence electrons. The number of hydrogen-bond donors (Lipinski definition) is 2. The van der Waals surface area contributed by atoms with Crippen molar-refractivity contribution >= 4 is 58.0 Å². The SMILES string of the molecule is CCc1nnc2c(C(N)=O)c(Nc3ccc(N4CCN(C(=O)OC(C)(C)C)CC4)cc3OC)nc(Cc3c(Cl)cccc3Cl)n12. The first-order valence-electron chi connectivity index (χ1n) is 14.6. The maximum absolute atomic E-state index is 12.8. The van der Waals surface area contributed by atoms with Gasteiger partial charge in [0.2, 0.25) is 0 Å². The third kappa shape index (κ3) is 6.86. The molecule has 2 aromatic heterocycles. The molecule has 2 amide bonds. The van der Waals surface area contributed by atoms with Crippen LogP contribution in [0, 0.1) is 0 Å². The Morgan fingerprint density at radius 2 is 1.71 bits per heavy atom. The molecule has 5 rings (SSSR count). The highest BCUT2D eigenvalue weighted by molar-refractivity contribution is 6.36. The van der Waals surface area contributed by atoms with Crippen molar-refractivity contribution in [2.75, 3.05) is 43.5 Å². The highest BCUT2D eigenvalue weighted by Crippen LogP contribution is 2.35. The number of halogens is 2. The van der Waals surface area contributed by atoms with Crippen molar-refractivity contribution in [3.05, 3.63) is 69.2 Å². The number of hydrogen-bond acceptors (Lipinski definition) is 9. The van der Waals surface area contributed by atoms with Gasteiger partial charge in [0.25, 0.3) is 5.91 Å². The van der Waals surface area contributed by atoms with Crippen LogP contribution in [-0.4, -0.2) is 75.4 Å². The van der Waals surface area contributed by atoms with Crippen molar-refractivity contribution in [1.29, 1.82) is 0 Å². The smallest absolute Gasteiger partial charge is 0.410 e. The Kier molecular flexibility index (Phi) is 9.26. The number of primary amides is 1. The van der Waals surface area contributed by atoms with E-state index in [1.165, 1.54) is 0 Å². The molecule has 1 aliphatic rings.